The molecule has 5 nitrogen and oxygen atoms in total. The Labute approximate surface area is 207 Å². The summed E-state index contributed by atoms with van der Waals surface area (Å²) in [6.07, 6.45) is 2.23. The molecule has 1 atom stereocenters. The van der Waals surface area contributed by atoms with Crippen molar-refractivity contribution in [3.05, 3.63) is 101 Å². The van der Waals surface area contributed by atoms with E-state index in [1.807, 2.05) is 54.6 Å². The number of H-pyrrole nitrogens is 1. The minimum absolute atomic E-state index is 0.0114. The maximum Gasteiger partial charge on any atom is 0.231 e. The summed E-state index contributed by atoms with van der Waals surface area (Å²) >= 11 is 0. The Morgan fingerprint density at radius 2 is 1.63 bits per heavy atom. The van der Waals surface area contributed by atoms with E-state index in [9.17, 15) is 4.79 Å². The number of likely N-dealkylation sites (N-methyl/N-ethyl adjacent to an activating group) is 1. The monoisotopic (exact) mass is 467 g/mol. The number of hydrogen-bond acceptors (Lipinski definition) is 3. The molecule has 2 heterocycles. The SMILES string of the molecule is CNC(=O)C(c1ccccc1)c1ccc(OC2CCN(Cc3c(C)[nH]c4ccccc34)CC2)cc1. The summed E-state index contributed by atoms with van der Waals surface area (Å²) in [5.41, 5.74) is 5.83. The zero-order chi connectivity index (χ0) is 24.2. The lowest BCUT2D eigenvalue weighted by molar-refractivity contribution is -0.121. The number of likely N-dealkylation sites (tertiary alicyclic amines) is 1. The molecule has 1 aliphatic rings. The Balaban J connectivity index is 1.19. The van der Waals surface area contributed by atoms with E-state index >= 15 is 0 Å². The number of carbonyl (C=O) groups is 1. The van der Waals surface area contributed by atoms with Crippen molar-refractivity contribution in [3.8, 4) is 5.75 Å². The molecule has 0 bridgehead atoms. The summed E-state index contributed by atoms with van der Waals surface area (Å²) in [7, 11) is 1.68. The highest BCUT2D eigenvalue weighted by atomic mass is 16.5. The third-order valence-electron chi connectivity index (χ3n) is 7.10. The largest absolute Gasteiger partial charge is 0.490 e. The van der Waals surface area contributed by atoms with Gasteiger partial charge in [0.25, 0.3) is 0 Å². The van der Waals surface area contributed by atoms with Crippen molar-refractivity contribution in [2.45, 2.75) is 38.3 Å². The first-order valence-electron chi connectivity index (χ1n) is 12.4. The lowest BCUT2D eigenvalue weighted by Crippen LogP contribution is -2.37. The van der Waals surface area contributed by atoms with Crippen LogP contribution in [0.3, 0.4) is 0 Å². The molecule has 1 fully saturated rings. The summed E-state index contributed by atoms with van der Waals surface area (Å²) in [5.74, 6) is 0.525. The number of amides is 1. The fourth-order valence-corrected chi connectivity index (χ4v) is 5.16. The van der Waals surface area contributed by atoms with Gasteiger partial charge >= 0.3 is 0 Å². The third-order valence-corrected chi connectivity index (χ3v) is 7.10. The van der Waals surface area contributed by atoms with Gasteiger partial charge in [-0.2, -0.15) is 0 Å². The first-order valence-corrected chi connectivity index (χ1v) is 12.4. The fraction of sp³-hybridized carbons (Fsp3) is 0.300. The third kappa shape index (κ3) is 5.10. The second-order valence-electron chi connectivity index (χ2n) is 9.39. The van der Waals surface area contributed by atoms with Crippen LogP contribution in [-0.4, -0.2) is 42.0 Å². The molecule has 1 amide bonds. The van der Waals surface area contributed by atoms with Crippen molar-refractivity contribution in [2.24, 2.45) is 0 Å². The number of ether oxygens (including phenoxy) is 1. The number of benzene rings is 3. The quantitative estimate of drug-likeness (QED) is 0.383. The molecule has 0 spiro atoms. The second-order valence-corrected chi connectivity index (χ2v) is 9.39. The van der Waals surface area contributed by atoms with E-state index in [0.717, 1.165) is 49.4 Å². The van der Waals surface area contributed by atoms with Gasteiger partial charge in [0.05, 0.1) is 5.92 Å². The molecule has 0 radical (unpaired) electrons. The molecule has 3 aromatic carbocycles. The van der Waals surface area contributed by atoms with E-state index in [4.69, 9.17) is 4.74 Å². The number of fused-ring (bicyclic) bond motifs is 1. The van der Waals surface area contributed by atoms with E-state index < -0.39 is 0 Å². The summed E-state index contributed by atoms with van der Waals surface area (Å²) < 4.78 is 6.33. The first-order chi connectivity index (χ1) is 17.1. The first kappa shape index (κ1) is 23.2. The van der Waals surface area contributed by atoms with Crippen LogP contribution in [0.2, 0.25) is 0 Å². The van der Waals surface area contributed by atoms with Crippen molar-refractivity contribution >= 4 is 16.8 Å². The van der Waals surface area contributed by atoms with Gasteiger partial charge in [-0.15, -0.1) is 0 Å². The van der Waals surface area contributed by atoms with Gasteiger partial charge in [-0.1, -0.05) is 60.7 Å². The number of hydrogen-bond donors (Lipinski definition) is 2. The Hall–Kier alpha value is -3.57. The van der Waals surface area contributed by atoms with Gasteiger partial charge in [-0.25, -0.2) is 0 Å². The lowest BCUT2D eigenvalue weighted by Gasteiger charge is -2.32. The maximum absolute atomic E-state index is 12.6. The van der Waals surface area contributed by atoms with Crippen molar-refractivity contribution < 1.29 is 9.53 Å². The molecule has 1 unspecified atom stereocenters. The predicted octanol–water partition coefficient (Wildman–Crippen LogP) is 5.40. The summed E-state index contributed by atoms with van der Waals surface area (Å²) in [6, 6.07) is 26.5. The van der Waals surface area contributed by atoms with E-state index in [0.29, 0.717) is 0 Å². The molecule has 1 aromatic heterocycles. The molecule has 5 rings (SSSR count). The molecule has 5 heteroatoms. The smallest absolute Gasteiger partial charge is 0.231 e. The van der Waals surface area contributed by atoms with Crippen LogP contribution in [0.4, 0.5) is 0 Å². The highest BCUT2D eigenvalue weighted by molar-refractivity contribution is 5.87. The van der Waals surface area contributed by atoms with Crippen molar-refractivity contribution in [3.63, 3.8) is 0 Å². The molecule has 1 saturated heterocycles. The van der Waals surface area contributed by atoms with E-state index in [1.54, 1.807) is 7.05 Å². The number of aryl methyl sites for hydroxylation is 1. The van der Waals surface area contributed by atoms with Crippen LogP contribution in [0.5, 0.6) is 5.75 Å². The molecule has 180 valence electrons. The van der Waals surface area contributed by atoms with Gasteiger partial charge in [0.1, 0.15) is 11.9 Å². The van der Waals surface area contributed by atoms with Crippen LogP contribution in [0.25, 0.3) is 10.9 Å². The summed E-state index contributed by atoms with van der Waals surface area (Å²) in [5, 5.41) is 4.13. The van der Waals surface area contributed by atoms with Gasteiger partial charge in [0.15, 0.2) is 0 Å². The van der Waals surface area contributed by atoms with Gasteiger partial charge in [-0.3, -0.25) is 9.69 Å². The number of piperidine rings is 1. The van der Waals surface area contributed by atoms with Gasteiger partial charge < -0.3 is 15.0 Å². The van der Waals surface area contributed by atoms with E-state index in [2.05, 4.69) is 46.4 Å². The number of aromatic amines is 1. The highest BCUT2D eigenvalue weighted by Gasteiger charge is 2.24. The lowest BCUT2D eigenvalue weighted by atomic mass is 9.90. The number of nitrogens with one attached hydrogen (secondary N) is 2. The van der Waals surface area contributed by atoms with Crippen LogP contribution >= 0.6 is 0 Å². The minimum Gasteiger partial charge on any atom is -0.490 e. The Morgan fingerprint density at radius 1 is 0.971 bits per heavy atom. The van der Waals surface area contributed by atoms with Crippen LogP contribution in [0.15, 0.2) is 78.9 Å². The molecule has 4 aromatic rings. The molecule has 0 aliphatic carbocycles. The molecule has 35 heavy (non-hydrogen) atoms. The average molecular weight is 468 g/mol. The fourth-order valence-electron chi connectivity index (χ4n) is 5.16. The Bertz CT molecular complexity index is 1270. The summed E-state index contributed by atoms with van der Waals surface area (Å²) in [4.78, 5) is 18.6. The minimum atomic E-state index is -0.327. The number of nitrogens with zero attached hydrogens (tertiary/aromatic N) is 1. The predicted molar refractivity (Wildman–Crippen MR) is 141 cm³/mol. The highest BCUT2D eigenvalue weighted by Crippen LogP contribution is 2.29. The van der Waals surface area contributed by atoms with Crippen LogP contribution in [0, 0.1) is 6.92 Å². The zero-order valence-electron chi connectivity index (χ0n) is 20.5. The van der Waals surface area contributed by atoms with E-state index in [-0.39, 0.29) is 17.9 Å². The molecule has 0 saturated carbocycles. The van der Waals surface area contributed by atoms with Crippen LogP contribution in [0.1, 0.15) is 41.1 Å². The Kier molecular flexibility index (Phi) is 6.87. The second kappa shape index (κ2) is 10.4. The van der Waals surface area contributed by atoms with Crippen LogP contribution < -0.4 is 10.1 Å². The van der Waals surface area contributed by atoms with Crippen molar-refractivity contribution in [1.82, 2.24) is 15.2 Å². The number of para-hydroxylation sites is 1. The normalized spacial score (nSPS) is 15.7. The molecular formula is C30H33N3O2. The van der Waals surface area contributed by atoms with Crippen molar-refractivity contribution in [1.29, 1.82) is 0 Å². The topological polar surface area (TPSA) is 57.4 Å². The zero-order valence-corrected chi connectivity index (χ0v) is 20.5. The maximum atomic E-state index is 12.6. The van der Waals surface area contributed by atoms with Gasteiger partial charge in [0.2, 0.25) is 5.91 Å². The molecule has 1 aliphatic heterocycles. The molecular weight excluding hydrogens is 434 g/mol. The Morgan fingerprint density at radius 3 is 2.34 bits per heavy atom. The number of carbonyl (C=O) groups excluding carboxylic acids is 1. The number of aromatic nitrogens is 1. The van der Waals surface area contributed by atoms with Crippen molar-refractivity contribution in [2.75, 3.05) is 20.1 Å². The van der Waals surface area contributed by atoms with Gasteiger partial charge in [0, 0.05) is 43.3 Å². The standard InChI is InChI=1S/C30H33N3O2/c1-21-27(26-10-6-7-11-28(26)32-21)20-33-18-16-25(17-19-33)35-24-14-12-23(13-15-24)29(30(34)31-2)22-8-4-3-5-9-22/h3-15,25,29,32H,16-20H2,1-2H3,(H,31,34). The van der Waals surface area contributed by atoms with Crippen LogP contribution in [-0.2, 0) is 11.3 Å². The summed E-state index contributed by atoms with van der Waals surface area (Å²) in [6.45, 7) is 5.18. The molecule has 2 N–H and O–H groups in total. The van der Waals surface area contributed by atoms with Gasteiger partial charge in [-0.05, 0) is 54.7 Å². The van der Waals surface area contributed by atoms with E-state index in [1.165, 1.54) is 22.2 Å². The number of rotatable bonds is 7. The average Bonchev–Trinajstić information content (AvgIpc) is 3.21.